The van der Waals surface area contributed by atoms with Crippen LogP contribution >= 0.6 is 0 Å². The van der Waals surface area contributed by atoms with Gasteiger partial charge in [-0.2, -0.15) is 0 Å². The number of piperidine rings is 1. The summed E-state index contributed by atoms with van der Waals surface area (Å²) in [5.74, 6) is 0.958. The lowest BCUT2D eigenvalue weighted by molar-refractivity contribution is -0.135. The molecule has 0 aromatic heterocycles. The number of ether oxygens (including phenoxy) is 1. The number of carbonyl (C=O) groups excluding carboxylic acids is 1. The van der Waals surface area contributed by atoms with Crippen LogP contribution in [0, 0.1) is 0 Å². The maximum atomic E-state index is 13.0. The Morgan fingerprint density at radius 1 is 1.21 bits per heavy atom. The second-order valence-electron chi connectivity index (χ2n) is 6.77. The van der Waals surface area contributed by atoms with Crippen LogP contribution in [0.15, 0.2) is 24.3 Å². The van der Waals surface area contributed by atoms with Gasteiger partial charge in [0.2, 0.25) is 15.9 Å². The van der Waals surface area contributed by atoms with Gasteiger partial charge in [0.05, 0.1) is 18.8 Å². The molecule has 1 saturated heterocycles. The first-order valence-electron chi connectivity index (χ1n) is 8.25. The molecule has 7 heteroatoms. The van der Waals surface area contributed by atoms with Crippen molar-refractivity contribution in [3.05, 3.63) is 29.8 Å². The maximum absolute atomic E-state index is 13.0. The third-order valence-electron chi connectivity index (χ3n) is 4.96. The summed E-state index contributed by atoms with van der Waals surface area (Å²) >= 11 is 0. The van der Waals surface area contributed by atoms with Crippen molar-refractivity contribution in [1.82, 2.24) is 9.62 Å². The fourth-order valence-electron chi connectivity index (χ4n) is 3.47. The smallest absolute Gasteiger partial charge is 0.233 e. The third kappa shape index (κ3) is 3.57. The molecule has 1 aliphatic carbocycles. The molecule has 1 saturated carbocycles. The van der Waals surface area contributed by atoms with Gasteiger partial charge in [0, 0.05) is 19.1 Å². The molecule has 132 valence electrons. The average molecular weight is 352 g/mol. The number of nitrogens with zero attached hydrogens (tertiary/aromatic N) is 1. The van der Waals surface area contributed by atoms with Gasteiger partial charge < -0.3 is 9.64 Å². The van der Waals surface area contributed by atoms with E-state index >= 15 is 0 Å². The van der Waals surface area contributed by atoms with E-state index in [1.807, 2.05) is 29.2 Å². The van der Waals surface area contributed by atoms with Crippen molar-refractivity contribution in [1.29, 1.82) is 0 Å². The van der Waals surface area contributed by atoms with Gasteiger partial charge in [-0.25, -0.2) is 13.1 Å². The molecule has 0 unspecified atom stereocenters. The van der Waals surface area contributed by atoms with E-state index in [9.17, 15) is 13.2 Å². The van der Waals surface area contributed by atoms with Gasteiger partial charge in [0.25, 0.3) is 0 Å². The molecule has 0 spiro atoms. The molecule has 0 bridgehead atoms. The van der Waals surface area contributed by atoms with E-state index in [-0.39, 0.29) is 17.4 Å². The van der Waals surface area contributed by atoms with Crippen LogP contribution in [0.3, 0.4) is 0 Å². The first-order valence-corrected chi connectivity index (χ1v) is 10.1. The van der Waals surface area contributed by atoms with Crippen molar-refractivity contribution < 1.29 is 17.9 Å². The normalized spacial score (nSPS) is 20.7. The van der Waals surface area contributed by atoms with E-state index in [0.29, 0.717) is 25.9 Å². The largest absolute Gasteiger partial charge is 0.497 e. The number of nitrogens with one attached hydrogen (secondary N) is 1. The minimum Gasteiger partial charge on any atom is -0.497 e. The van der Waals surface area contributed by atoms with Crippen molar-refractivity contribution in [2.45, 2.75) is 37.1 Å². The maximum Gasteiger partial charge on any atom is 0.233 e. The Hall–Kier alpha value is -1.60. The van der Waals surface area contributed by atoms with Crippen LogP contribution in [0.2, 0.25) is 0 Å². The summed E-state index contributed by atoms with van der Waals surface area (Å²) in [5, 5.41) is 0. The molecular formula is C17H24N2O4S. The number of hydrogen-bond acceptors (Lipinski definition) is 4. The van der Waals surface area contributed by atoms with Crippen molar-refractivity contribution >= 4 is 15.9 Å². The minimum absolute atomic E-state index is 0.0693. The van der Waals surface area contributed by atoms with Crippen molar-refractivity contribution in [3.8, 4) is 5.75 Å². The standard InChI is InChI=1S/C17H24N2O4S/c1-23-15-5-3-13(4-6-15)17(9-10-17)16(20)19-11-7-14(8-12-19)18-24(2,21)22/h3-6,14,18H,7-12H2,1-2H3. The van der Waals surface area contributed by atoms with Gasteiger partial charge in [0.15, 0.2) is 0 Å². The molecule has 2 fully saturated rings. The van der Waals surface area contributed by atoms with Crippen molar-refractivity contribution in [2.75, 3.05) is 26.5 Å². The molecule has 1 aromatic carbocycles. The van der Waals surface area contributed by atoms with Gasteiger partial charge in [0.1, 0.15) is 5.75 Å². The molecule has 0 radical (unpaired) electrons. The molecule has 2 aliphatic rings. The zero-order chi connectivity index (χ0) is 17.4. The summed E-state index contributed by atoms with van der Waals surface area (Å²) in [7, 11) is -1.57. The second-order valence-corrected chi connectivity index (χ2v) is 8.55. The van der Waals surface area contributed by atoms with Gasteiger partial charge in [-0.3, -0.25) is 4.79 Å². The third-order valence-corrected chi connectivity index (χ3v) is 5.73. The Labute approximate surface area is 143 Å². The van der Waals surface area contributed by atoms with Crippen LogP contribution in [0.25, 0.3) is 0 Å². The number of sulfonamides is 1. The topological polar surface area (TPSA) is 75.7 Å². The Morgan fingerprint density at radius 3 is 2.25 bits per heavy atom. The van der Waals surface area contributed by atoms with Crippen LogP contribution in [-0.4, -0.2) is 51.7 Å². The summed E-state index contributed by atoms with van der Waals surface area (Å²) in [5.41, 5.74) is 0.660. The number of carbonyl (C=O) groups is 1. The molecule has 0 atom stereocenters. The quantitative estimate of drug-likeness (QED) is 0.866. The molecule has 6 nitrogen and oxygen atoms in total. The zero-order valence-corrected chi connectivity index (χ0v) is 14.9. The van der Waals surface area contributed by atoms with E-state index in [2.05, 4.69) is 4.72 Å². The number of methoxy groups -OCH3 is 1. The van der Waals surface area contributed by atoms with E-state index in [1.165, 1.54) is 6.26 Å². The Morgan fingerprint density at radius 2 is 1.79 bits per heavy atom. The predicted molar refractivity (Wildman–Crippen MR) is 91.5 cm³/mol. The van der Waals surface area contributed by atoms with E-state index in [4.69, 9.17) is 4.74 Å². The molecular weight excluding hydrogens is 328 g/mol. The van der Waals surface area contributed by atoms with Gasteiger partial charge in [-0.05, 0) is 43.4 Å². The summed E-state index contributed by atoms with van der Waals surface area (Å²) in [6.07, 6.45) is 4.25. The number of likely N-dealkylation sites (tertiary alicyclic amines) is 1. The van der Waals surface area contributed by atoms with Gasteiger partial charge in [-0.15, -0.1) is 0 Å². The number of hydrogen-bond donors (Lipinski definition) is 1. The summed E-state index contributed by atoms with van der Waals surface area (Å²) in [6, 6.07) is 7.67. The molecule has 24 heavy (non-hydrogen) atoms. The minimum atomic E-state index is -3.19. The number of amides is 1. The van der Waals surface area contributed by atoms with Crippen LogP contribution < -0.4 is 9.46 Å². The SMILES string of the molecule is COc1ccc(C2(C(=O)N3CCC(NS(C)(=O)=O)CC3)CC2)cc1. The van der Waals surface area contributed by atoms with Crippen LogP contribution in [-0.2, 0) is 20.2 Å². The molecule has 3 rings (SSSR count). The zero-order valence-electron chi connectivity index (χ0n) is 14.1. The predicted octanol–water partition coefficient (Wildman–Crippen LogP) is 1.27. The fraction of sp³-hybridized carbons (Fsp3) is 0.588. The van der Waals surface area contributed by atoms with Crippen LogP contribution in [0.1, 0.15) is 31.2 Å². The fourth-order valence-corrected chi connectivity index (χ4v) is 4.31. The molecule has 1 amide bonds. The number of benzene rings is 1. The summed E-state index contributed by atoms with van der Waals surface area (Å²) < 4.78 is 30.5. The summed E-state index contributed by atoms with van der Waals surface area (Å²) in [4.78, 5) is 14.9. The van der Waals surface area contributed by atoms with Gasteiger partial charge in [-0.1, -0.05) is 12.1 Å². The lowest BCUT2D eigenvalue weighted by atomic mass is 9.93. The van der Waals surface area contributed by atoms with E-state index in [1.54, 1.807) is 7.11 Å². The van der Waals surface area contributed by atoms with Crippen LogP contribution in [0.4, 0.5) is 0 Å². The monoisotopic (exact) mass is 352 g/mol. The molecule has 1 N–H and O–H groups in total. The number of rotatable bonds is 5. The Kier molecular flexibility index (Phi) is 4.57. The molecule has 1 heterocycles. The second kappa shape index (κ2) is 6.37. The highest BCUT2D eigenvalue weighted by molar-refractivity contribution is 7.88. The van der Waals surface area contributed by atoms with Crippen molar-refractivity contribution in [3.63, 3.8) is 0 Å². The van der Waals surface area contributed by atoms with E-state index < -0.39 is 10.0 Å². The Balaban J connectivity index is 1.64. The Bertz CT molecular complexity index is 703. The first kappa shape index (κ1) is 17.2. The molecule has 1 aromatic rings. The highest BCUT2D eigenvalue weighted by Crippen LogP contribution is 2.50. The average Bonchev–Trinajstić information content (AvgIpc) is 3.35. The lowest BCUT2D eigenvalue weighted by Crippen LogP contribution is -2.49. The lowest BCUT2D eigenvalue weighted by Gasteiger charge is -2.34. The van der Waals surface area contributed by atoms with Crippen LogP contribution in [0.5, 0.6) is 5.75 Å². The van der Waals surface area contributed by atoms with E-state index in [0.717, 1.165) is 24.2 Å². The first-order chi connectivity index (χ1) is 11.3. The van der Waals surface area contributed by atoms with Gasteiger partial charge >= 0.3 is 0 Å². The summed E-state index contributed by atoms with van der Waals surface area (Å²) in [6.45, 7) is 1.20. The highest BCUT2D eigenvalue weighted by Gasteiger charge is 2.53. The molecule has 1 aliphatic heterocycles. The van der Waals surface area contributed by atoms with Crippen molar-refractivity contribution in [2.24, 2.45) is 0 Å². The highest BCUT2D eigenvalue weighted by atomic mass is 32.2.